The van der Waals surface area contributed by atoms with Crippen LogP contribution in [0.5, 0.6) is 0 Å². The molecular weight excluding hydrogens is 973 g/mol. The first kappa shape index (κ1) is 42.6. The Balaban J connectivity index is 0.000000252. The Hall–Kier alpha value is -5.51. The van der Waals surface area contributed by atoms with E-state index in [0.717, 1.165) is 43.3 Å². The SMILES string of the molecule is Brc1cc[c-]c(-c2nccc3ccccc23)c1.CC(C)(C)c1ccc(-c2cc(-c3ccc(C(C)(C)C)cc3)cc(-c3cc[c-]c(-c4nccc5ccccc45)c3)c2)cc1.[Ir]. The summed E-state index contributed by atoms with van der Waals surface area (Å²) in [6.07, 6.45) is 3.73. The van der Waals surface area contributed by atoms with E-state index in [9.17, 15) is 0 Å². The minimum Gasteiger partial charge on any atom is -0.304 e. The number of aromatic nitrogens is 2. The smallest absolute Gasteiger partial charge is 0.0167 e. The fourth-order valence-electron chi connectivity index (χ4n) is 7.48. The van der Waals surface area contributed by atoms with E-state index in [4.69, 9.17) is 4.98 Å². The summed E-state index contributed by atoms with van der Waals surface area (Å²) in [5.41, 5.74) is 14.0. The van der Waals surface area contributed by atoms with Crippen molar-refractivity contribution in [2.75, 3.05) is 0 Å². The summed E-state index contributed by atoms with van der Waals surface area (Å²) in [6.45, 7) is 13.6. The Bertz CT molecular complexity index is 2820. The van der Waals surface area contributed by atoms with E-state index < -0.39 is 0 Å². The van der Waals surface area contributed by atoms with Crippen molar-refractivity contribution >= 4 is 37.5 Å². The number of fused-ring (bicyclic) bond motifs is 2. The van der Waals surface area contributed by atoms with Gasteiger partial charge in [0, 0.05) is 32.5 Å². The molecule has 0 saturated carbocycles. The summed E-state index contributed by atoms with van der Waals surface area (Å²) in [6, 6.07) is 64.8. The van der Waals surface area contributed by atoms with Gasteiger partial charge in [-0.05, 0) is 113 Å². The number of benzene rings is 7. The number of hydrogen-bond donors (Lipinski definition) is 0. The molecule has 0 aliphatic rings. The molecule has 60 heavy (non-hydrogen) atoms. The maximum atomic E-state index is 4.77. The first-order valence-electron chi connectivity index (χ1n) is 20.2. The van der Waals surface area contributed by atoms with Crippen LogP contribution in [0.4, 0.5) is 0 Å². The van der Waals surface area contributed by atoms with Gasteiger partial charge in [-0.2, -0.15) is 0 Å². The third-order valence-electron chi connectivity index (χ3n) is 10.9. The number of nitrogens with zero attached hydrogens (tertiary/aromatic N) is 2. The largest absolute Gasteiger partial charge is 0.304 e. The molecule has 2 aromatic heterocycles. The Morgan fingerprint density at radius 2 is 0.833 bits per heavy atom. The topological polar surface area (TPSA) is 25.8 Å². The molecule has 0 N–H and O–H groups in total. The number of halogens is 1. The quantitative estimate of drug-likeness (QED) is 0.161. The van der Waals surface area contributed by atoms with Crippen molar-refractivity contribution in [2.45, 2.75) is 52.4 Å². The molecule has 0 spiro atoms. The Kier molecular flexibility index (Phi) is 12.8. The molecule has 9 rings (SSSR count). The summed E-state index contributed by atoms with van der Waals surface area (Å²) < 4.78 is 1.04. The van der Waals surface area contributed by atoms with Crippen LogP contribution < -0.4 is 0 Å². The predicted octanol–water partition coefficient (Wildman–Crippen LogP) is 15.8. The summed E-state index contributed by atoms with van der Waals surface area (Å²) in [5.74, 6) is 0. The van der Waals surface area contributed by atoms with Crippen molar-refractivity contribution in [2.24, 2.45) is 0 Å². The monoisotopic (exact) mass is 1020 g/mol. The van der Waals surface area contributed by atoms with Crippen LogP contribution in [0.25, 0.3) is 77.4 Å². The molecule has 0 amide bonds. The number of rotatable bonds is 5. The minimum atomic E-state index is 0. The van der Waals surface area contributed by atoms with Crippen LogP contribution in [0.1, 0.15) is 52.7 Å². The van der Waals surface area contributed by atoms with Gasteiger partial charge in [-0.15, -0.1) is 65.2 Å². The van der Waals surface area contributed by atoms with Gasteiger partial charge in [0.2, 0.25) is 0 Å². The van der Waals surface area contributed by atoms with E-state index in [1.807, 2.05) is 54.9 Å². The molecule has 4 heteroatoms. The van der Waals surface area contributed by atoms with Gasteiger partial charge in [-0.25, -0.2) is 0 Å². The van der Waals surface area contributed by atoms with Crippen LogP contribution >= 0.6 is 15.9 Å². The second-order valence-corrected chi connectivity index (χ2v) is 18.0. The van der Waals surface area contributed by atoms with Crippen LogP contribution in [0, 0.1) is 12.1 Å². The second kappa shape index (κ2) is 18.0. The Morgan fingerprint density at radius 1 is 0.417 bits per heavy atom. The van der Waals surface area contributed by atoms with Crippen LogP contribution in [0.3, 0.4) is 0 Å². The second-order valence-electron chi connectivity index (χ2n) is 17.1. The first-order chi connectivity index (χ1) is 28.4. The molecule has 0 saturated heterocycles. The van der Waals surface area contributed by atoms with E-state index >= 15 is 0 Å². The molecule has 9 aromatic rings. The van der Waals surface area contributed by atoms with Gasteiger partial charge < -0.3 is 9.97 Å². The zero-order valence-electron chi connectivity index (χ0n) is 34.8. The van der Waals surface area contributed by atoms with E-state index in [1.165, 1.54) is 49.7 Å². The van der Waals surface area contributed by atoms with Gasteiger partial charge >= 0.3 is 0 Å². The molecule has 299 valence electrons. The fourth-order valence-corrected chi connectivity index (χ4v) is 7.84. The van der Waals surface area contributed by atoms with Crippen molar-refractivity contribution in [3.05, 3.63) is 204 Å². The summed E-state index contributed by atoms with van der Waals surface area (Å²) in [5, 5.41) is 4.68. The Morgan fingerprint density at radius 3 is 1.28 bits per heavy atom. The van der Waals surface area contributed by atoms with Gasteiger partial charge in [0.25, 0.3) is 0 Å². The van der Waals surface area contributed by atoms with Gasteiger partial charge in [0.05, 0.1) is 0 Å². The van der Waals surface area contributed by atoms with Gasteiger partial charge in [-0.1, -0.05) is 159 Å². The molecule has 0 fully saturated rings. The molecule has 0 aliphatic carbocycles. The van der Waals surface area contributed by atoms with E-state index in [-0.39, 0.29) is 30.9 Å². The molecule has 7 aromatic carbocycles. The predicted molar refractivity (Wildman–Crippen MR) is 253 cm³/mol. The number of pyridine rings is 2. The summed E-state index contributed by atoms with van der Waals surface area (Å²) in [7, 11) is 0. The fraction of sp³-hybridized carbons (Fsp3) is 0.143. The molecular formula is C56H47BrIrN2-2. The normalized spacial score (nSPS) is 11.4. The van der Waals surface area contributed by atoms with E-state index in [2.05, 4.69) is 196 Å². The third kappa shape index (κ3) is 9.59. The molecule has 0 atom stereocenters. The van der Waals surface area contributed by atoms with Crippen molar-refractivity contribution in [3.8, 4) is 55.9 Å². The molecule has 0 aliphatic heterocycles. The summed E-state index contributed by atoms with van der Waals surface area (Å²) >= 11 is 3.48. The molecule has 1 radical (unpaired) electrons. The van der Waals surface area contributed by atoms with Gasteiger partial charge in [0.1, 0.15) is 0 Å². The summed E-state index contributed by atoms with van der Waals surface area (Å²) in [4.78, 5) is 9.23. The molecule has 2 heterocycles. The Labute approximate surface area is 377 Å². The maximum absolute atomic E-state index is 4.77. The van der Waals surface area contributed by atoms with Gasteiger partial charge in [0.15, 0.2) is 0 Å². The molecule has 0 unspecified atom stereocenters. The van der Waals surface area contributed by atoms with Crippen LogP contribution in [-0.2, 0) is 30.9 Å². The third-order valence-corrected chi connectivity index (χ3v) is 11.4. The minimum absolute atomic E-state index is 0. The van der Waals surface area contributed by atoms with Gasteiger partial charge in [-0.3, -0.25) is 0 Å². The van der Waals surface area contributed by atoms with E-state index in [0.29, 0.717) is 0 Å². The average molecular weight is 1020 g/mol. The molecule has 0 bridgehead atoms. The first-order valence-corrected chi connectivity index (χ1v) is 20.9. The zero-order valence-corrected chi connectivity index (χ0v) is 38.8. The van der Waals surface area contributed by atoms with Crippen molar-refractivity contribution < 1.29 is 20.1 Å². The van der Waals surface area contributed by atoms with Crippen molar-refractivity contribution in [3.63, 3.8) is 0 Å². The maximum Gasteiger partial charge on any atom is 0.0167 e. The van der Waals surface area contributed by atoms with Crippen LogP contribution in [0.2, 0.25) is 0 Å². The van der Waals surface area contributed by atoms with Crippen molar-refractivity contribution in [1.29, 1.82) is 0 Å². The zero-order chi connectivity index (χ0) is 41.1. The average Bonchev–Trinajstić information content (AvgIpc) is 3.25. The van der Waals surface area contributed by atoms with E-state index in [1.54, 1.807) is 0 Å². The number of hydrogen-bond acceptors (Lipinski definition) is 2. The van der Waals surface area contributed by atoms with Crippen molar-refractivity contribution in [1.82, 2.24) is 9.97 Å². The standard InChI is InChI=1S/C41H38N.C15H9BrN.Ir/c1-40(2,3)36-18-14-28(15-19-36)33-25-34(29-16-20-37(21-17-29)41(4,5)6)27-35(26-33)31-11-9-12-32(24-31)39-38-13-8-7-10-30(38)22-23-42-39;16-13-6-3-5-12(10-13)15-14-7-2-1-4-11(14)8-9-17-15;/h7-11,13-27H,1-6H3;1-4,6-10H;/q2*-1;. The van der Waals surface area contributed by atoms with Crippen LogP contribution in [-0.4, -0.2) is 9.97 Å². The molecule has 2 nitrogen and oxygen atoms in total. The van der Waals surface area contributed by atoms with Crippen LogP contribution in [0.15, 0.2) is 181 Å².